The summed E-state index contributed by atoms with van der Waals surface area (Å²) >= 11 is 0. The number of rotatable bonds is 5. The molecule has 1 heterocycles. The van der Waals surface area contributed by atoms with Gasteiger partial charge < -0.3 is 10.3 Å². The second kappa shape index (κ2) is 4.90. The summed E-state index contributed by atoms with van der Waals surface area (Å²) in [5, 5.41) is 3.26. The Hall–Kier alpha value is -1.32. The Morgan fingerprint density at radius 2 is 2.18 bits per heavy atom. The standard InChI is InChI=1S/C13H21N3O/c1-8(2)9(3)7-14-11-6-12(17)16-13(15-11)10-4-5-10/h6,8-10H,4-5,7H2,1-3H3,(H2,14,15,16,17). The van der Waals surface area contributed by atoms with Gasteiger partial charge in [0.1, 0.15) is 11.6 Å². The van der Waals surface area contributed by atoms with Gasteiger partial charge in [0, 0.05) is 18.5 Å². The Kier molecular flexibility index (Phi) is 3.50. The van der Waals surface area contributed by atoms with Crippen molar-refractivity contribution in [2.75, 3.05) is 11.9 Å². The molecule has 1 aliphatic rings. The van der Waals surface area contributed by atoms with Crippen molar-refractivity contribution < 1.29 is 0 Å². The van der Waals surface area contributed by atoms with Crippen molar-refractivity contribution in [3.05, 3.63) is 22.2 Å². The molecule has 1 saturated carbocycles. The fraction of sp³-hybridized carbons (Fsp3) is 0.692. The average Bonchev–Trinajstić information content (AvgIpc) is 3.08. The maximum Gasteiger partial charge on any atom is 0.252 e. The Morgan fingerprint density at radius 1 is 1.47 bits per heavy atom. The number of anilines is 1. The smallest absolute Gasteiger partial charge is 0.252 e. The number of hydrogen-bond acceptors (Lipinski definition) is 3. The maximum absolute atomic E-state index is 11.5. The van der Waals surface area contributed by atoms with Crippen LogP contribution in [0.4, 0.5) is 5.82 Å². The zero-order valence-electron chi connectivity index (χ0n) is 10.8. The summed E-state index contributed by atoms with van der Waals surface area (Å²) in [4.78, 5) is 18.8. The van der Waals surface area contributed by atoms with Crippen molar-refractivity contribution in [2.45, 2.75) is 39.5 Å². The third-order valence-corrected chi connectivity index (χ3v) is 3.47. The highest BCUT2D eigenvalue weighted by molar-refractivity contribution is 5.33. The number of nitrogens with one attached hydrogen (secondary N) is 2. The predicted octanol–water partition coefficient (Wildman–Crippen LogP) is 2.35. The Labute approximate surface area is 102 Å². The van der Waals surface area contributed by atoms with Crippen LogP contribution >= 0.6 is 0 Å². The van der Waals surface area contributed by atoms with Gasteiger partial charge in [-0.05, 0) is 24.7 Å². The highest BCUT2D eigenvalue weighted by atomic mass is 16.1. The average molecular weight is 235 g/mol. The molecule has 1 unspecified atom stereocenters. The third-order valence-electron chi connectivity index (χ3n) is 3.47. The number of nitrogens with zero attached hydrogens (tertiary/aromatic N) is 1. The van der Waals surface area contributed by atoms with Crippen molar-refractivity contribution in [2.24, 2.45) is 11.8 Å². The molecular weight excluding hydrogens is 214 g/mol. The molecule has 94 valence electrons. The highest BCUT2D eigenvalue weighted by Gasteiger charge is 2.26. The lowest BCUT2D eigenvalue weighted by atomic mass is 9.98. The van der Waals surface area contributed by atoms with Gasteiger partial charge in [0.15, 0.2) is 0 Å². The van der Waals surface area contributed by atoms with Gasteiger partial charge in [0.05, 0.1) is 0 Å². The molecule has 0 spiro atoms. The molecule has 0 aliphatic heterocycles. The lowest BCUT2D eigenvalue weighted by Crippen LogP contribution is -2.19. The molecule has 0 radical (unpaired) electrons. The van der Waals surface area contributed by atoms with Gasteiger partial charge >= 0.3 is 0 Å². The van der Waals surface area contributed by atoms with Crippen LogP contribution in [-0.2, 0) is 0 Å². The Balaban J connectivity index is 2.02. The first-order valence-electron chi connectivity index (χ1n) is 6.41. The zero-order chi connectivity index (χ0) is 12.4. The van der Waals surface area contributed by atoms with Gasteiger partial charge in [-0.3, -0.25) is 4.79 Å². The van der Waals surface area contributed by atoms with E-state index in [4.69, 9.17) is 0 Å². The molecule has 2 rings (SSSR count). The lowest BCUT2D eigenvalue weighted by Gasteiger charge is -2.16. The first kappa shape index (κ1) is 12.1. The number of aromatic nitrogens is 2. The first-order valence-corrected chi connectivity index (χ1v) is 6.41. The van der Waals surface area contributed by atoms with Crippen molar-refractivity contribution in [3.63, 3.8) is 0 Å². The van der Waals surface area contributed by atoms with Crippen LogP contribution in [-0.4, -0.2) is 16.5 Å². The van der Waals surface area contributed by atoms with Crippen LogP contribution in [0.3, 0.4) is 0 Å². The molecule has 1 fully saturated rings. The number of H-pyrrole nitrogens is 1. The van der Waals surface area contributed by atoms with Crippen molar-refractivity contribution in [3.8, 4) is 0 Å². The molecule has 4 heteroatoms. The zero-order valence-corrected chi connectivity index (χ0v) is 10.8. The van der Waals surface area contributed by atoms with E-state index in [1.807, 2.05) is 0 Å². The third kappa shape index (κ3) is 3.32. The molecule has 2 N–H and O–H groups in total. The van der Waals surface area contributed by atoms with Crippen LogP contribution in [0.5, 0.6) is 0 Å². The predicted molar refractivity (Wildman–Crippen MR) is 69.3 cm³/mol. The van der Waals surface area contributed by atoms with Gasteiger partial charge in [-0.25, -0.2) is 4.98 Å². The van der Waals surface area contributed by atoms with Gasteiger partial charge in [0.25, 0.3) is 5.56 Å². The minimum Gasteiger partial charge on any atom is -0.370 e. The summed E-state index contributed by atoms with van der Waals surface area (Å²) in [6.07, 6.45) is 2.30. The first-order chi connectivity index (χ1) is 8.06. The second-order valence-electron chi connectivity index (χ2n) is 5.39. The topological polar surface area (TPSA) is 57.8 Å². The van der Waals surface area contributed by atoms with Gasteiger partial charge in [-0.2, -0.15) is 0 Å². The van der Waals surface area contributed by atoms with Gasteiger partial charge in [-0.1, -0.05) is 20.8 Å². The largest absolute Gasteiger partial charge is 0.370 e. The summed E-state index contributed by atoms with van der Waals surface area (Å²) < 4.78 is 0. The van der Waals surface area contributed by atoms with E-state index in [2.05, 4.69) is 36.1 Å². The Morgan fingerprint density at radius 3 is 2.76 bits per heavy atom. The normalized spacial score (nSPS) is 17.2. The molecule has 0 aromatic carbocycles. The van der Waals surface area contributed by atoms with Crippen LogP contribution in [0.2, 0.25) is 0 Å². The fourth-order valence-electron chi connectivity index (χ4n) is 1.62. The Bertz CT molecular complexity index is 435. The molecule has 0 bridgehead atoms. The van der Waals surface area contributed by atoms with Crippen LogP contribution in [0.25, 0.3) is 0 Å². The molecule has 1 aromatic rings. The number of aromatic amines is 1. The molecule has 0 saturated heterocycles. The van der Waals surface area contributed by atoms with Crippen LogP contribution in [0.1, 0.15) is 45.4 Å². The maximum atomic E-state index is 11.5. The highest BCUT2D eigenvalue weighted by Crippen LogP contribution is 2.37. The summed E-state index contributed by atoms with van der Waals surface area (Å²) in [5.41, 5.74) is -0.0541. The van der Waals surface area contributed by atoms with Crippen LogP contribution < -0.4 is 10.9 Å². The second-order valence-corrected chi connectivity index (χ2v) is 5.39. The fourth-order valence-corrected chi connectivity index (χ4v) is 1.62. The minimum absolute atomic E-state index is 0.0541. The lowest BCUT2D eigenvalue weighted by molar-refractivity contribution is 0.439. The SMILES string of the molecule is CC(C)C(C)CNc1cc(=O)[nH]c(C2CC2)n1. The van der Waals surface area contributed by atoms with Crippen molar-refractivity contribution in [1.82, 2.24) is 9.97 Å². The van der Waals surface area contributed by atoms with Gasteiger partial charge in [-0.15, -0.1) is 0 Å². The molecule has 1 aromatic heterocycles. The van der Waals surface area contributed by atoms with E-state index in [9.17, 15) is 4.79 Å². The van der Waals surface area contributed by atoms with E-state index in [-0.39, 0.29) is 5.56 Å². The summed E-state index contributed by atoms with van der Waals surface area (Å²) in [6, 6.07) is 1.54. The summed E-state index contributed by atoms with van der Waals surface area (Å²) in [7, 11) is 0. The van der Waals surface area contributed by atoms with E-state index in [0.717, 1.165) is 25.2 Å². The quantitative estimate of drug-likeness (QED) is 0.823. The molecule has 4 nitrogen and oxygen atoms in total. The summed E-state index contributed by atoms with van der Waals surface area (Å²) in [6.45, 7) is 7.46. The van der Waals surface area contributed by atoms with Crippen LogP contribution in [0, 0.1) is 11.8 Å². The minimum atomic E-state index is -0.0541. The van der Waals surface area contributed by atoms with E-state index in [0.29, 0.717) is 23.6 Å². The van der Waals surface area contributed by atoms with E-state index in [1.165, 1.54) is 0 Å². The van der Waals surface area contributed by atoms with E-state index >= 15 is 0 Å². The molecule has 17 heavy (non-hydrogen) atoms. The number of hydrogen-bond donors (Lipinski definition) is 2. The summed E-state index contributed by atoms with van der Waals surface area (Å²) in [5.74, 6) is 3.24. The van der Waals surface area contributed by atoms with Crippen LogP contribution in [0.15, 0.2) is 10.9 Å². The van der Waals surface area contributed by atoms with E-state index in [1.54, 1.807) is 6.07 Å². The van der Waals surface area contributed by atoms with E-state index < -0.39 is 0 Å². The molecule has 0 amide bonds. The molecule has 1 aliphatic carbocycles. The van der Waals surface area contributed by atoms with Crippen molar-refractivity contribution in [1.29, 1.82) is 0 Å². The molecule has 1 atom stereocenters. The monoisotopic (exact) mass is 235 g/mol. The molecular formula is C13H21N3O. The van der Waals surface area contributed by atoms with Gasteiger partial charge in [0.2, 0.25) is 0 Å². The van der Waals surface area contributed by atoms with Crippen molar-refractivity contribution >= 4 is 5.82 Å².